The highest BCUT2D eigenvalue weighted by atomic mass is 16.5. The van der Waals surface area contributed by atoms with Crippen LogP contribution in [-0.4, -0.2) is 16.7 Å². The fraction of sp³-hybridized carbons (Fsp3) is 0.0417. The number of methoxy groups -OCH3 is 1. The van der Waals surface area contributed by atoms with E-state index in [1.165, 1.54) is 21.9 Å². The summed E-state index contributed by atoms with van der Waals surface area (Å²) in [6, 6.07) is 29.4. The van der Waals surface area contributed by atoms with Crippen LogP contribution in [0.3, 0.4) is 0 Å². The monoisotopic (exact) mass is 350 g/mol. The molecule has 0 fully saturated rings. The predicted molar refractivity (Wildman–Crippen MR) is 111 cm³/mol. The molecule has 3 heteroatoms. The number of nitrogens with zero attached hydrogens (tertiary/aromatic N) is 2. The molecule has 0 radical (unpaired) electrons. The van der Waals surface area contributed by atoms with Crippen LogP contribution in [0.5, 0.6) is 5.75 Å². The third-order valence-corrected chi connectivity index (χ3v) is 4.99. The van der Waals surface area contributed by atoms with Gasteiger partial charge in [0.15, 0.2) is 0 Å². The fourth-order valence-electron chi connectivity index (χ4n) is 3.59. The summed E-state index contributed by atoms with van der Waals surface area (Å²) in [7, 11) is 1.69. The van der Waals surface area contributed by atoms with Crippen molar-refractivity contribution in [3.8, 4) is 22.6 Å². The van der Waals surface area contributed by atoms with E-state index in [2.05, 4.69) is 64.1 Å². The zero-order valence-electron chi connectivity index (χ0n) is 15.0. The van der Waals surface area contributed by atoms with Crippen molar-refractivity contribution in [2.24, 2.45) is 0 Å². The highest BCUT2D eigenvalue weighted by Crippen LogP contribution is 2.30. The summed E-state index contributed by atoms with van der Waals surface area (Å²) in [5, 5.41) is 2.41. The largest absolute Gasteiger partial charge is 0.497 e. The maximum absolute atomic E-state index is 5.26. The molecule has 1 heterocycles. The van der Waals surface area contributed by atoms with Crippen LogP contribution in [0.15, 0.2) is 91.3 Å². The second-order valence-electron chi connectivity index (χ2n) is 6.54. The van der Waals surface area contributed by atoms with E-state index < -0.39 is 0 Å². The van der Waals surface area contributed by atoms with E-state index in [-0.39, 0.29) is 0 Å². The number of aromatic nitrogens is 2. The first-order chi connectivity index (χ1) is 13.3. The molecule has 0 bridgehead atoms. The first kappa shape index (κ1) is 15.6. The lowest BCUT2D eigenvalue weighted by atomic mass is 10.0. The van der Waals surface area contributed by atoms with E-state index in [1.807, 2.05) is 36.7 Å². The molecule has 0 saturated carbocycles. The molecule has 0 unspecified atom stereocenters. The van der Waals surface area contributed by atoms with Gasteiger partial charge in [0.25, 0.3) is 0 Å². The lowest BCUT2D eigenvalue weighted by Crippen LogP contribution is -1.93. The Bertz CT molecular complexity index is 1250. The molecule has 0 atom stereocenters. The Morgan fingerprint density at radius 2 is 1.59 bits per heavy atom. The van der Waals surface area contributed by atoms with Crippen molar-refractivity contribution < 1.29 is 4.74 Å². The topological polar surface area (TPSA) is 27.1 Å². The molecule has 1 aromatic heterocycles. The third-order valence-electron chi connectivity index (χ3n) is 4.99. The maximum Gasteiger partial charge on any atom is 0.118 e. The highest BCUT2D eigenvalue weighted by molar-refractivity contribution is 5.95. The van der Waals surface area contributed by atoms with E-state index in [1.54, 1.807) is 7.11 Å². The van der Waals surface area contributed by atoms with Crippen molar-refractivity contribution in [1.29, 1.82) is 0 Å². The summed E-state index contributed by atoms with van der Waals surface area (Å²) in [6.45, 7) is 0. The Morgan fingerprint density at radius 3 is 2.44 bits per heavy atom. The molecular weight excluding hydrogens is 332 g/mol. The van der Waals surface area contributed by atoms with Gasteiger partial charge in [0.1, 0.15) is 12.1 Å². The maximum atomic E-state index is 5.26. The lowest BCUT2D eigenvalue weighted by Gasteiger charge is -2.11. The minimum Gasteiger partial charge on any atom is -0.497 e. The van der Waals surface area contributed by atoms with Crippen LogP contribution in [0.2, 0.25) is 0 Å². The Labute approximate surface area is 157 Å². The zero-order chi connectivity index (χ0) is 18.2. The van der Waals surface area contributed by atoms with Gasteiger partial charge in [-0.25, -0.2) is 4.98 Å². The Balaban J connectivity index is 1.65. The summed E-state index contributed by atoms with van der Waals surface area (Å²) in [5.41, 5.74) is 5.63. The summed E-state index contributed by atoms with van der Waals surface area (Å²) in [6.07, 6.45) is 1.90. The SMILES string of the molecule is COc1ccc(-c2ccc3c(-n4cnc5ccccc54)cccc3c2)cc1. The smallest absolute Gasteiger partial charge is 0.118 e. The summed E-state index contributed by atoms with van der Waals surface area (Å²) in [5.74, 6) is 0.869. The minimum absolute atomic E-state index is 0.869. The third kappa shape index (κ3) is 2.64. The normalized spacial score (nSPS) is 11.1. The minimum atomic E-state index is 0.869. The van der Waals surface area contributed by atoms with Gasteiger partial charge in [0.2, 0.25) is 0 Å². The van der Waals surface area contributed by atoms with Crippen molar-refractivity contribution in [3.63, 3.8) is 0 Å². The van der Waals surface area contributed by atoms with Gasteiger partial charge in [0.05, 0.1) is 23.8 Å². The quantitative estimate of drug-likeness (QED) is 0.408. The van der Waals surface area contributed by atoms with Crippen LogP contribution in [0.1, 0.15) is 0 Å². The fourth-order valence-corrected chi connectivity index (χ4v) is 3.59. The number of hydrogen-bond donors (Lipinski definition) is 0. The van der Waals surface area contributed by atoms with Gasteiger partial charge in [-0.1, -0.05) is 48.5 Å². The van der Waals surface area contributed by atoms with E-state index in [9.17, 15) is 0 Å². The van der Waals surface area contributed by atoms with Crippen molar-refractivity contribution in [2.45, 2.75) is 0 Å². The molecule has 27 heavy (non-hydrogen) atoms. The number of imidazole rings is 1. The number of hydrogen-bond acceptors (Lipinski definition) is 2. The average molecular weight is 350 g/mol. The molecule has 0 aliphatic carbocycles. The van der Waals surface area contributed by atoms with E-state index >= 15 is 0 Å². The van der Waals surface area contributed by atoms with Gasteiger partial charge < -0.3 is 4.74 Å². The molecule has 0 aliphatic heterocycles. The van der Waals surface area contributed by atoms with Gasteiger partial charge in [-0.15, -0.1) is 0 Å². The Kier molecular flexibility index (Phi) is 3.65. The van der Waals surface area contributed by atoms with Crippen LogP contribution < -0.4 is 4.74 Å². The molecule has 0 N–H and O–H groups in total. The van der Waals surface area contributed by atoms with Crippen molar-refractivity contribution in [1.82, 2.24) is 9.55 Å². The molecule has 5 rings (SSSR count). The van der Waals surface area contributed by atoms with Crippen molar-refractivity contribution >= 4 is 21.8 Å². The molecular formula is C24H18N2O. The summed E-state index contributed by atoms with van der Waals surface area (Å²) in [4.78, 5) is 4.53. The summed E-state index contributed by atoms with van der Waals surface area (Å²) >= 11 is 0. The highest BCUT2D eigenvalue weighted by Gasteiger charge is 2.08. The molecule has 3 nitrogen and oxygen atoms in total. The zero-order valence-corrected chi connectivity index (χ0v) is 15.0. The number of benzene rings is 4. The molecule has 5 aromatic rings. The molecule has 0 saturated heterocycles. The molecule has 4 aromatic carbocycles. The number of para-hydroxylation sites is 2. The Morgan fingerprint density at radius 1 is 0.778 bits per heavy atom. The number of ether oxygens (including phenoxy) is 1. The van der Waals surface area contributed by atoms with Crippen molar-refractivity contribution in [3.05, 3.63) is 91.3 Å². The van der Waals surface area contributed by atoms with Gasteiger partial charge in [0, 0.05) is 5.39 Å². The van der Waals surface area contributed by atoms with Gasteiger partial charge in [-0.2, -0.15) is 0 Å². The number of fused-ring (bicyclic) bond motifs is 2. The Hall–Kier alpha value is -3.59. The van der Waals surface area contributed by atoms with Gasteiger partial charge in [-0.05, 0) is 52.9 Å². The van der Waals surface area contributed by atoms with E-state index in [0.29, 0.717) is 0 Å². The molecule has 130 valence electrons. The van der Waals surface area contributed by atoms with Crippen LogP contribution in [-0.2, 0) is 0 Å². The van der Waals surface area contributed by atoms with Crippen LogP contribution in [0.25, 0.3) is 38.6 Å². The average Bonchev–Trinajstić information content (AvgIpc) is 3.17. The standard InChI is InChI=1S/C24H18N2O/c1-27-20-12-9-17(10-13-20)18-11-14-21-19(15-18)5-4-8-23(21)26-16-25-22-6-2-3-7-24(22)26/h2-16H,1H3. The van der Waals surface area contributed by atoms with Crippen molar-refractivity contribution in [2.75, 3.05) is 7.11 Å². The van der Waals surface area contributed by atoms with E-state index in [4.69, 9.17) is 4.74 Å². The van der Waals surface area contributed by atoms with Crippen LogP contribution >= 0.6 is 0 Å². The van der Waals surface area contributed by atoms with Gasteiger partial charge >= 0.3 is 0 Å². The van der Waals surface area contributed by atoms with Crippen LogP contribution in [0, 0.1) is 0 Å². The molecule has 0 aliphatic rings. The lowest BCUT2D eigenvalue weighted by molar-refractivity contribution is 0.415. The first-order valence-corrected chi connectivity index (χ1v) is 8.93. The second-order valence-corrected chi connectivity index (χ2v) is 6.54. The van der Waals surface area contributed by atoms with Crippen LogP contribution in [0.4, 0.5) is 0 Å². The second kappa shape index (κ2) is 6.29. The molecule has 0 spiro atoms. The summed E-state index contributed by atoms with van der Waals surface area (Å²) < 4.78 is 7.42. The van der Waals surface area contributed by atoms with E-state index in [0.717, 1.165) is 22.5 Å². The number of rotatable bonds is 3. The predicted octanol–water partition coefficient (Wildman–Crippen LogP) is 5.85. The first-order valence-electron chi connectivity index (χ1n) is 8.93. The van der Waals surface area contributed by atoms with Gasteiger partial charge in [-0.3, -0.25) is 4.57 Å². The molecule has 0 amide bonds.